The van der Waals surface area contributed by atoms with Crippen molar-refractivity contribution < 1.29 is 28.7 Å². The smallest absolute Gasteiger partial charge is 0.343 e. The fourth-order valence-corrected chi connectivity index (χ4v) is 3.83. The van der Waals surface area contributed by atoms with Crippen LogP contribution in [0.25, 0.3) is 0 Å². The van der Waals surface area contributed by atoms with E-state index in [1.807, 2.05) is 0 Å². The lowest BCUT2D eigenvalue weighted by Gasteiger charge is -2.11. The van der Waals surface area contributed by atoms with Crippen LogP contribution in [0.3, 0.4) is 0 Å². The fourth-order valence-electron chi connectivity index (χ4n) is 3.40. The number of esters is 2. The highest BCUT2D eigenvalue weighted by molar-refractivity contribution is 6.40. The SMILES string of the molecule is Cc1c(Cl)cccc1NC(=O)C(=O)N/N=C\c1ccc(OC(=O)c2ccc(Cl)cc2)cc1OC(=O)c1ccc(Cl)cc1. The Kier molecular flexibility index (Phi) is 9.93. The molecule has 0 saturated heterocycles. The quantitative estimate of drug-likeness (QED) is 0.0798. The molecule has 0 spiro atoms. The first kappa shape index (κ1) is 30.3. The molecule has 0 aliphatic rings. The Balaban J connectivity index is 1.52. The summed E-state index contributed by atoms with van der Waals surface area (Å²) in [5.74, 6) is -3.42. The molecule has 4 rings (SSSR count). The monoisotopic (exact) mass is 623 g/mol. The maximum Gasteiger partial charge on any atom is 0.343 e. The summed E-state index contributed by atoms with van der Waals surface area (Å²) in [4.78, 5) is 50.0. The van der Waals surface area contributed by atoms with Crippen LogP contribution in [0.2, 0.25) is 15.1 Å². The van der Waals surface area contributed by atoms with Crippen molar-refractivity contribution in [1.82, 2.24) is 5.43 Å². The average Bonchev–Trinajstić information content (AvgIpc) is 2.97. The van der Waals surface area contributed by atoms with Crippen LogP contribution < -0.4 is 20.2 Å². The van der Waals surface area contributed by atoms with E-state index in [1.165, 1.54) is 54.6 Å². The number of carbonyl (C=O) groups excluding carboxylic acids is 4. The normalized spacial score (nSPS) is 10.7. The molecule has 0 unspecified atom stereocenters. The van der Waals surface area contributed by atoms with E-state index >= 15 is 0 Å². The van der Waals surface area contributed by atoms with Crippen molar-refractivity contribution in [2.24, 2.45) is 5.10 Å². The Morgan fingerprint density at radius 1 is 0.738 bits per heavy atom. The van der Waals surface area contributed by atoms with Crippen LogP contribution in [0.5, 0.6) is 11.5 Å². The van der Waals surface area contributed by atoms with E-state index in [0.717, 1.165) is 6.21 Å². The van der Waals surface area contributed by atoms with Gasteiger partial charge in [-0.25, -0.2) is 15.0 Å². The van der Waals surface area contributed by atoms with Crippen molar-refractivity contribution in [1.29, 1.82) is 0 Å². The number of halogens is 3. The molecule has 212 valence electrons. The summed E-state index contributed by atoms with van der Waals surface area (Å²) in [6.45, 7) is 1.69. The van der Waals surface area contributed by atoms with Gasteiger partial charge in [0.2, 0.25) is 0 Å². The van der Waals surface area contributed by atoms with Gasteiger partial charge in [0.1, 0.15) is 11.5 Å². The third-order valence-electron chi connectivity index (χ3n) is 5.65. The largest absolute Gasteiger partial charge is 0.423 e. The summed E-state index contributed by atoms with van der Waals surface area (Å²) in [5.41, 5.74) is 3.74. The number of carbonyl (C=O) groups is 4. The number of benzene rings is 4. The highest BCUT2D eigenvalue weighted by Gasteiger charge is 2.17. The zero-order chi connectivity index (χ0) is 30.2. The second kappa shape index (κ2) is 13.8. The van der Waals surface area contributed by atoms with Crippen LogP contribution in [0.15, 0.2) is 90.0 Å². The summed E-state index contributed by atoms with van der Waals surface area (Å²) in [7, 11) is 0. The standard InChI is InChI=1S/C30H20Cl3N3O6/c1-17-24(33)3-2-4-25(17)35-27(37)28(38)36-34-16-20-9-14-23(41-29(39)18-5-10-21(31)11-6-18)15-26(20)42-30(40)19-7-12-22(32)13-8-19/h2-16H,1H3,(H,35,37)(H,36,38)/b34-16-. The van der Waals surface area contributed by atoms with Gasteiger partial charge >= 0.3 is 23.8 Å². The van der Waals surface area contributed by atoms with E-state index in [9.17, 15) is 19.2 Å². The number of hydrogen-bond acceptors (Lipinski definition) is 7. The Morgan fingerprint density at radius 3 is 1.95 bits per heavy atom. The fraction of sp³-hybridized carbons (Fsp3) is 0.0333. The number of nitrogens with one attached hydrogen (secondary N) is 2. The minimum Gasteiger partial charge on any atom is -0.423 e. The van der Waals surface area contributed by atoms with Crippen molar-refractivity contribution in [3.05, 3.63) is 122 Å². The van der Waals surface area contributed by atoms with Crippen LogP contribution in [-0.4, -0.2) is 30.0 Å². The Bertz CT molecular complexity index is 1690. The summed E-state index contributed by atoms with van der Waals surface area (Å²) >= 11 is 17.8. The minimum absolute atomic E-state index is 0.0478. The topological polar surface area (TPSA) is 123 Å². The van der Waals surface area contributed by atoms with Crippen LogP contribution in [-0.2, 0) is 9.59 Å². The molecule has 0 radical (unpaired) electrons. The first-order valence-electron chi connectivity index (χ1n) is 12.1. The lowest BCUT2D eigenvalue weighted by Crippen LogP contribution is -2.32. The van der Waals surface area contributed by atoms with Crippen molar-refractivity contribution in [2.75, 3.05) is 5.32 Å². The molecule has 2 amide bonds. The highest BCUT2D eigenvalue weighted by Crippen LogP contribution is 2.26. The third-order valence-corrected chi connectivity index (χ3v) is 6.56. The summed E-state index contributed by atoms with van der Waals surface area (Å²) in [6, 6.07) is 21.1. The first-order chi connectivity index (χ1) is 20.1. The van der Waals surface area contributed by atoms with Gasteiger partial charge in [-0.3, -0.25) is 9.59 Å². The summed E-state index contributed by atoms with van der Waals surface area (Å²) in [6.07, 6.45) is 1.16. The van der Waals surface area contributed by atoms with E-state index in [-0.39, 0.29) is 28.2 Å². The van der Waals surface area contributed by atoms with E-state index in [1.54, 1.807) is 37.3 Å². The molecule has 2 N–H and O–H groups in total. The van der Waals surface area contributed by atoms with Crippen LogP contribution in [0.4, 0.5) is 5.69 Å². The molecule has 42 heavy (non-hydrogen) atoms. The van der Waals surface area contributed by atoms with E-state index < -0.39 is 23.8 Å². The average molecular weight is 625 g/mol. The summed E-state index contributed by atoms with van der Waals surface area (Å²) < 4.78 is 11.0. The lowest BCUT2D eigenvalue weighted by molar-refractivity contribution is -0.136. The number of rotatable bonds is 7. The number of nitrogens with zero attached hydrogens (tertiary/aromatic N) is 1. The van der Waals surface area contributed by atoms with E-state index in [0.29, 0.717) is 26.3 Å². The van der Waals surface area contributed by atoms with Crippen LogP contribution in [0, 0.1) is 6.92 Å². The molecule has 4 aromatic carbocycles. The molecule has 0 atom stereocenters. The molecule has 0 aliphatic heterocycles. The van der Waals surface area contributed by atoms with Gasteiger partial charge in [0.15, 0.2) is 0 Å². The summed E-state index contributed by atoms with van der Waals surface area (Å²) in [5, 5.41) is 7.57. The molecule has 0 bridgehead atoms. The number of anilines is 1. The molecule has 0 aromatic heterocycles. The zero-order valence-electron chi connectivity index (χ0n) is 21.7. The van der Waals surface area contributed by atoms with Crippen molar-refractivity contribution in [3.8, 4) is 11.5 Å². The lowest BCUT2D eigenvalue weighted by atomic mass is 10.2. The molecule has 0 aliphatic carbocycles. The molecular formula is C30H20Cl3N3O6. The molecule has 12 heteroatoms. The van der Waals surface area contributed by atoms with Gasteiger partial charge < -0.3 is 14.8 Å². The molecule has 0 heterocycles. The van der Waals surface area contributed by atoms with Gasteiger partial charge in [0.05, 0.1) is 17.3 Å². The van der Waals surface area contributed by atoms with Crippen LogP contribution >= 0.6 is 34.8 Å². The molecular weight excluding hydrogens is 605 g/mol. The number of amides is 2. The molecule has 9 nitrogen and oxygen atoms in total. The second-order valence-electron chi connectivity index (χ2n) is 8.56. The predicted molar refractivity (Wildman–Crippen MR) is 160 cm³/mol. The minimum atomic E-state index is -1.06. The first-order valence-corrected chi connectivity index (χ1v) is 13.2. The number of ether oxygens (including phenoxy) is 2. The molecule has 0 fully saturated rings. The Labute approximate surface area is 255 Å². The maximum atomic E-state index is 12.8. The van der Waals surface area contributed by atoms with Gasteiger partial charge in [-0.1, -0.05) is 40.9 Å². The molecule has 4 aromatic rings. The van der Waals surface area contributed by atoms with Crippen molar-refractivity contribution in [2.45, 2.75) is 6.92 Å². The number of hydrazone groups is 1. The van der Waals surface area contributed by atoms with E-state index in [4.69, 9.17) is 44.3 Å². The zero-order valence-corrected chi connectivity index (χ0v) is 24.0. The number of hydrogen-bond donors (Lipinski definition) is 2. The van der Waals surface area contributed by atoms with Gasteiger partial charge in [0.25, 0.3) is 0 Å². The van der Waals surface area contributed by atoms with Gasteiger partial charge in [-0.2, -0.15) is 5.10 Å². The van der Waals surface area contributed by atoms with Crippen LogP contribution in [0.1, 0.15) is 31.8 Å². The predicted octanol–water partition coefficient (Wildman–Crippen LogP) is 6.48. The second-order valence-corrected chi connectivity index (χ2v) is 9.84. The van der Waals surface area contributed by atoms with Gasteiger partial charge in [-0.15, -0.1) is 0 Å². The van der Waals surface area contributed by atoms with Gasteiger partial charge in [0, 0.05) is 32.4 Å². The Hall–Kier alpha value is -4.70. The Morgan fingerprint density at radius 2 is 1.33 bits per heavy atom. The molecule has 0 saturated carbocycles. The highest BCUT2D eigenvalue weighted by atomic mass is 35.5. The van der Waals surface area contributed by atoms with E-state index in [2.05, 4.69) is 15.8 Å². The maximum absolute atomic E-state index is 12.8. The van der Waals surface area contributed by atoms with Gasteiger partial charge in [-0.05, 0) is 85.3 Å². The van der Waals surface area contributed by atoms with Crippen molar-refractivity contribution >= 4 is 70.5 Å². The van der Waals surface area contributed by atoms with Crippen molar-refractivity contribution in [3.63, 3.8) is 0 Å². The third kappa shape index (κ3) is 7.94.